The Balaban J connectivity index is 2.50. The molecule has 2 aromatic rings. The standard InChI is InChI=1S/C12H10BrNO2S/c1-6-3-4-8(5-9(6)13)11-14-7(2)10(17-11)12(15)16/h3-5H,1-2H3,(H,15,16). The average molecular weight is 312 g/mol. The van der Waals surface area contributed by atoms with Gasteiger partial charge in [-0.3, -0.25) is 0 Å². The van der Waals surface area contributed by atoms with Gasteiger partial charge in [-0.2, -0.15) is 0 Å². The molecule has 17 heavy (non-hydrogen) atoms. The van der Waals surface area contributed by atoms with Crippen LogP contribution in [0.2, 0.25) is 0 Å². The summed E-state index contributed by atoms with van der Waals surface area (Å²) in [5, 5.41) is 9.72. The molecule has 88 valence electrons. The van der Waals surface area contributed by atoms with Crippen LogP contribution >= 0.6 is 27.3 Å². The largest absolute Gasteiger partial charge is 0.477 e. The van der Waals surface area contributed by atoms with Crippen molar-refractivity contribution in [2.45, 2.75) is 13.8 Å². The molecule has 0 aliphatic carbocycles. The molecule has 0 aliphatic rings. The van der Waals surface area contributed by atoms with Gasteiger partial charge in [0.05, 0.1) is 5.69 Å². The van der Waals surface area contributed by atoms with Crippen molar-refractivity contribution >= 4 is 33.2 Å². The highest BCUT2D eigenvalue weighted by atomic mass is 79.9. The summed E-state index contributed by atoms with van der Waals surface area (Å²) in [4.78, 5) is 15.5. The second-order valence-electron chi connectivity index (χ2n) is 3.70. The van der Waals surface area contributed by atoms with Crippen LogP contribution in [0.4, 0.5) is 0 Å². The maximum absolute atomic E-state index is 10.9. The van der Waals surface area contributed by atoms with Crippen molar-refractivity contribution in [3.05, 3.63) is 38.8 Å². The van der Waals surface area contributed by atoms with E-state index in [1.807, 2.05) is 25.1 Å². The van der Waals surface area contributed by atoms with Crippen LogP contribution in [0.1, 0.15) is 20.9 Å². The van der Waals surface area contributed by atoms with E-state index >= 15 is 0 Å². The molecule has 0 fully saturated rings. The summed E-state index contributed by atoms with van der Waals surface area (Å²) in [6.45, 7) is 3.72. The fraction of sp³-hybridized carbons (Fsp3) is 0.167. The number of halogens is 1. The highest BCUT2D eigenvalue weighted by Crippen LogP contribution is 2.30. The first-order valence-electron chi connectivity index (χ1n) is 4.96. The molecule has 5 heteroatoms. The maximum Gasteiger partial charge on any atom is 0.347 e. The molecule has 0 spiro atoms. The molecule has 0 radical (unpaired) electrons. The van der Waals surface area contributed by atoms with E-state index in [0.29, 0.717) is 10.6 Å². The predicted octanol–water partition coefficient (Wildman–Crippen LogP) is 3.89. The molecule has 1 aromatic carbocycles. The molecule has 0 aliphatic heterocycles. The number of aromatic nitrogens is 1. The van der Waals surface area contributed by atoms with Crippen molar-refractivity contribution in [3.63, 3.8) is 0 Å². The van der Waals surface area contributed by atoms with Crippen molar-refractivity contribution in [1.82, 2.24) is 4.98 Å². The Kier molecular flexibility index (Phi) is 3.31. The number of aryl methyl sites for hydroxylation is 2. The van der Waals surface area contributed by atoms with Crippen LogP contribution in [0, 0.1) is 13.8 Å². The van der Waals surface area contributed by atoms with Crippen molar-refractivity contribution < 1.29 is 9.90 Å². The van der Waals surface area contributed by atoms with E-state index in [1.54, 1.807) is 6.92 Å². The Morgan fingerprint density at radius 2 is 2.12 bits per heavy atom. The predicted molar refractivity (Wildman–Crippen MR) is 71.7 cm³/mol. The van der Waals surface area contributed by atoms with Crippen LogP contribution in [-0.4, -0.2) is 16.1 Å². The zero-order chi connectivity index (χ0) is 12.6. The summed E-state index contributed by atoms with van der Waals surface area (Å²) in [6, 6.07) is 5.89. The lowest BCUT2D eigenvalue weighted by atomic mass is 10.2. The number of hydrogen-bond donors (Lipinski definition) is 1. The Hall–Kier alpha value is -1.20. The molecule has 0 saturated heterocycles. The van der Waals surface area contributed by atoms with Crippen LogP contribution in [0.5, 0.6) is 0 Å². The van der Waals surface area contributed by atoms with E-state index in [0.717, 1.165) is 20.6 Å². The lowest BCUT2D eigenvalue weighted by Gasteiger charge is -2.00. The summed E-state index contributed by atoms with van der Waals surface area (Å²) >= 11 is 4.66. The van der Waals surface area contributed by atoms with Crippen LogP contribution < -0.4 is 0 Å². The number of carboxylic acids is 1. The third-order valence-corrected chi connectivity index (χ3v) is 4.46. The van der Waals surface area contributed by atoms with Gasteiger partial charge >= 0.3 is 5.97 Å². The minimum atomic E-state index is -0.919. The molecular weight excluding hydrogens is 302 g/mol. The number of thiazole rings is 1. The van der Waals surface area contributed by atoms with Gasteiger partial charge in [0.1, 0.15) is 9.88 Å². The molecule has 0 unspecified atom stereocenters. The van der Waals surface area contributed by atoms with E-state index in [9.17, 15) is 4.79 Å². The van der Waals surface area contributed by atoms with Crippen LogP contribution in [0.3, 0.4) is 0 Å². The molecular formula is C12H10BrNO2S. The summed E-state index contributed by atoms with van der Waals surface area (Å²) in [5.74, 6) is -0.919. The molecule has 1 heterocycles. The van der Waals surface area contributed by atoms with Gasteiger partial charge in [0, 0.05) is 10.0 Å². The molecule has 0 atom stereocenters. The molecule has 1 aromatic heterocycles. The third-order valence-electron chi connectivity index (χ3n) is 2.41. The van der Waals surface area contributed by atoms with Gasteiger partial charge in [0.25, 0.3) is 0 Å². The minimum Gasteiger partial charge on any atom is -0.477 e. The molecule has 0 saturated carbocycles. The second-order valence-corrected chi connectivity index (χ2v) is 5.56. The Morgan fingerprint density at radius 3 is 2.65 bits per heavy atom. The highest BCUT2D eigenvalue weighted by molar-refractivity contribution is 9.10. The van der Waals surface area contributed by atoms with Gasteiger partial charge < -0.3 is 5.11 Å². The zero-order valence-electron chi connectivity index (χ0n) is 9.32. The maximum atomic E-state index is 10.9. The number of carboxylic acid groups (broad SMARTS) is 1. The summed E-state index contributed by atoms with van der Waals surface area (Å²) in [5.41, 5.74) is 2.64. The topological polar surface area (TPSA) is 50.2 Å². The lowest BCUT2D eigenvalue weighted by Crippen LogP contribution is -1.94. The van der Waals surface area contributed by atoms with Crippen molar-refractivity contribution in [2.24, 2.45) is 0 Å². The van der Waals surface area contributed by atoms with Crippen molar-refractivity contribution in [2.75, 3.05) is 0 Å². The van der Waals surface area contributed by atoms with Crippen molar-refractivity contribution in [3.8, 4) is 10.6 Å². The van der Waals surface area contributed by atoms with Gasteiger partial charge in [-0.15, -0.1) is 11.3 Å². The summed E-state index contributed by atoms with van der Waals surface area (Å²) in [6.07, 6.45) is 0. The fourth-order valence-electron chi connectivity index (χ4n) is 1.44. The Labute approximate surface area is 111 Å². The van der Waals surface area contributed by atoms with Crippen LogP contribution in [-0.2, 0) is 0 Å². The number of rotatable bonds is 2. The number of hydrogen-bond acceptors (Lipinski definition) is 3. The Morgan fingerprint density at radius 1 is 1.41 bits per heavy atom. The molecule has 3 nitrogen and oxygen atoms in total. The average Bonchev–Trinajstić information content (AvgIpc) is 2.64. The lowest BCUT2D eigenvalue weighted by molar-refractivity contribution is 0.0701. The highest BCUT2D eigenvalue weighted by Gasteiger charge is 2.15. The van der Waals surface area contributed by atoms with Crippen LogP contribution in [0.25, 0.3) is 10.6 Å². The number of nitrogens with zero attached hydrogens (tertiary/aromatic N) is 1. The molecule has 0 amide bonds. The van der Waals surface area contributed by atoms with Crippen molar-refractivity contribution in [1.29, 1.82) is 0 Å². The molecule has 1 N–H and O–H groups in total. The second kappa shape index (κ2) is 4.58. The first-order chi connectivity index (χ1) is 7.99. The van der Waals surface area contributed by atoms with Gasteiger partial charge in [-0.1, -0.05) is 28.1 Å². The van der Waals surface area contributed by atoms with E-state index in [1.165, 1.54) is 11.3 Å². The van der Waals surface area contributed by atoms with E-state index in [4.69, 9.17) is 5.11 Å². The normalized spacial score (nSPS) is 10.5. The van der Waals surface area contributed by atoms with Gasteiger partial charge in [0.2, 0.25) is 0 Å². The summed E-state index contributed by atoms with van der Waals surface area (Å²) < 4.78 is 1.000. The van der Waals surface area contributed by atoms with E-state index in [-0.39, 0.29) is 0 Å². The van der Waals surface area contributed by atoms with Gasteiger partial charge in [-0.05, 0) is 25.5 Å². The van der Waals surface area contributed by atoms with Crippen LogP contribution in [0.15, 0.2) is 22.7 Å². The molecule has 2 rings (SSSR count). The first-order valence-corrected chi connectivity index (χ1v) is 6.57. The Bertz CT molecular complexity index is 592. The number of carbonyl (C=O) groups is 1. The smallest absolute Gasteiger partial charge is 0.347 e. The fourth-order valence-corrected chi connectivity index (χ4v) is 2.72. The first kappa shape index (κ1) is 12.3. The third kappa shape index (κ3) is 2.40. The van der Waals surface area contributed by atoms with E-state index < -0.39 is 5.97 Å². The minimum absolute atomic E-state index is 0.302. The van der Waals surface area contributed by atoms with Gasteiger partial charge in [0.15, 0.2) is 0 Å². The zero-order valence-corrected chi connectivity index (χ0v) is 11.7. The monoisotopic (exact) mass is 311 g/mol. The molecule has 0 bridgehead atoms. The number of benzene rings is 1. The quantitative estimate of drug-likeness (QED) is 0.915. The number of aromatic carboxylic acids is 1. The summed E-state index contributed by atoms with van der Waals surface area (Å²) in [7, 11) is 0. The van der Waals surface area contributed by atoms with E-state index in [2.05, 4.69) is 20.9 Å². The SMILES string of the molecule is Cc1ccc(-c2nc(C)c(C(=O)O)s2)cc1Br. The van der Waals surface area contributed by atoms with Gasteiger partial charge in [-0.25, -0.2) is 9.78 Å².